The van der Waals surface area contributed by atoms with Crippen LogP contribution < -0.4 is 5.32 Å². The van der Waals surface area contributed by atoms with E-state index in [1.807, 2.05) is 31.2 Å². The van der Waals surface area contributed by atoms with E-state index in [4.69, 9.17) is 0 Å². The van der Waals surface area contributed by atoms with Gasteiger partial charge in [-0.15, -0.1) is 11.8 Å². The number of hydrogen-bond donors (Lipinski definition) is 1. The maximum absolute atomic E-state index is 11.3. The molecule has 0 heterocycles. The van der Waals surface area contributed by atoms with Crippen LogP contribution in [0.2, 0.25) is 0 Å². The van der Waals surface area contributed by atoms with Gasteiger partial charge in [-0.3, -0.25) is 4.79 Å². The molecular weight excluding hydrogens is 206 g/mol. The molecule has 1 amide bonds. The second-order valence-corrected chi connectivity index (χ2v) is 4.59. The van der Waals surface area contributed by atoms with Crippen LogP contribution in [-0.2, 0) is 4.79 Å². The minimum Gasteiger partial charge on any atom is -0.326 e. The summed E-state index contributed by atoms with van der Waals surface area (Å²) in [6.45, 7) is 4.13. The summed E-state index contributed by atoms with van der Waals surface area (Å²) in [4.78, 5) is 12.5. The Hall–Kier alpha value is -0.960. The number of hydrogen-bond acceptors (Lipinski definition) is 2. The summed E-state index contributed by atoms with van der Waals surface area (Å²) in [7, 11) is 0. The second kappa shape index (κ2) is 6.51. The molecule has 1 N–H and O–H groups in total. The lowest BCUT2D eigenvalue weighted by Crippen LogP contribution is -2.10. The van der Waals surface area contributed by atoms with Gasteiger partial charge in [-0.25, -0.2) is 0 Å². The number of anilines is 1. The van der Waals surface area contributed by atoms with Crippen molar-refractivity contribution in [1.82, 2.24) is 0 Å². The first-order valence-electron chi connectivity index (χ1n) is 5.29. The van der Waals surface area contributed by atoms with Gasteiger partial charge >= 0.3 is 0 Å². The largest absolute Gasteiger partial charge is 0.326 e. The highest BCUT2D eigenvalue weighted by atomic mass is 32.2. The van der Waals surface area contributed by atoms with E-state index in [0.29, 0.717) is 6.42 Å². The molecule has 1 aromatic carbocycles. The van der Waals surface area contributed by atoms with Gasteiger partial charge < -0.3 is 5.32 Å². The van der Waals surface area contributed by atoms with Crippen molar-refractivity contribution in [2.45, 2.75) is 31.6 Å². The highest BCUT2D eigenvalue weighted by Gasteiger charge is 2.00. The molecule has 0 spiro atoms. The molecule has 0 saturated carbocycles. The van der Waals surface area contributed by atoms with E-state index in [1.54, 1.807) is 11.8 Å². The average molecular weight is 223 g/mol. The molecule has 3 heteroatoms. The van der Waals surface area contributed by atoms with E-state index in [-0.39, 0.29) is 5.91 Å². The number of benzene rings is 1. The topological polar surface area (TPSA) is 29.1 Å². The molecule has 0 aromatic heterocycles. The van der Waals surface area contributed by atoms with Crippen LogP contribution >= 0.6 is 11.8 Å². The second-order valence-electron chi connectivity index (χ2n) is 3.26. The summed E-state index contributed by atoms with van der Waals surface area (Å²) in [6.07, 6.45) is 1.47. The van der Waals surface area contributed by atoms with Crippen LogP contribution in [0.5, 0.6) is 0 Å². The maximum Gasteiger partial charge on any atom is 0.224 e. The number of rotatable bonds is 5. The molecule has 2 nitrogen and oxygen atoms in total. The Labute approximate surface area is 95.5 Å². The predicted octanol–water partition coefficient (Wildman–Crippen LogP) is 3.54. The summed E-state index contributed by atoms with van der Waals surface area (Å²) in [5.41, 5.74) is 0.883. The summed E-state index contributed by atoms with van der Waals surface area (Å²) in [5, 5.41) is 2.86. The lowest BCUT2D eigenvalue weighted by atomic mass is 10.3. The monoisotopic (exact) mass is 223 g/mol. The van der Waals surface area contributed by atoms with E-state index in [1.165, 1.54) is 4.90 Å². The third-order valence-electron chi connectivity index (χ3n) is 1.93. The number of thioether (sulfide) groups is 1. The van der Waals surface area contributed by atoms with Crippen molar-refractivity contribution in [2.24, 2.45) is 0 Å². The van der Waals surface area contributed by atoms with Gasteiger partial charge in [0.25, 0.3) is 0 Å². The zero-order chi connectivity index (χ0) is 11.1. The lowest BCUT2D eigenvalue weighted by molar-refractivity contribution is -0.116. The van der Waals surface area contributed by atoms with Crippen molar-refractivity contribution in [3.8, 4) is 0 Å². The van der Waals surface area contributed by atoms with E-state index < -0.39 is 0 Å². The Bertz CT molecular complexity index is 308. The highest BCUT2D eigenvalue weighted by molar-refractivity contribution is 7.99. The Balaban J connectivity index is 2.52. The molecule has 1 aromatic rings. The molecule has 0 aliphatic heterocycles. The minimum atomic E-state index is 0.0911. The van der Waals surface area contributed by atoms with Crippen LogP contribution in [0.4, 0.5) is 5.69 Å². The Morgan fingerprint density at radius 1 is 1.27 bits per heavy atom. The summed E-state index contributed by atoms with van der Waals surface area (Å²) in [6, 6.07) is 7.97. The zero-order valence-corrected chi connectivity index (χ0v) is 10.1. The van der Waals surface area contributed by atoms with Crippen molar-refractivity contribution >= 4 is 23.4 Å². The van der Waals surface area contributed by atoms with E-state index in [9.17, 15) is 4.79 Å². The molecule has 0 atom stereocenters. The minimum absolute atomic E-state index is 0.0911. The Morgan fingerprint density at radius 2 is 1.93 bits per heavy atom. The first kappa shape index (κ1) is 12.1. The normalized spacial score (nSPS) is 10.0. The predicted molar refractivity (Wildman–Crippen MR) is 66.4 cm³/mol. The van der Waals surface area contributed by atoms with Gasteiger partial charge in [0.1, 0.15) is 0 Å². The molecule has 82 valence electrons. The first-order chi connectivity index (χ1) is 7.26. The van der Waals surface area contributed by atoms with E-state index in [0.717, 1.165) is 17.9 Å². The molecule has 1 rings (SSSR count). The van der Waals surface area contributed by atoms with Crippen LogP contribution in [0, 0.1) is 0 Å². The fourth-order valence-electron chi connectivity index (χ4n) is 1.25. The van der Waals surface area contributed by atoms with Gasteiger partial charge in [-0.1, -0.05) is 13.8 Å². The molecular formula is C12H17NOS. The van der Waals surface area contributed by atoms with Crippen LogP contribution in [0.3, 0.4) is 0 Å². The highest BCUT2D eigenvalue weighted by Crippen LogP contribution is 2.19. The summed E-state index contributed by atoms with van der Waals surface area (Å²) in [5.74, 6) is 1.16. The summed E-state index contributed by atoms with van der Waals surface area (Å²) < 4.78 is 0. The smallest absolute Gasteiger partial charge is 0.224 e. The average Bonchev–Trinajstić information content (AvgIpc) is 2.22. The van der Waals surface area contributed by atoms with Crippen molar-refractivity contribution in [3.05, 3.63) is 24.3 Å². The van der Waals surface area contributed by atoms with Crippen molar-refractivity contribution in [3.63, 3.8) is 0 Å². The molecule has 0 aliphatic rings. The molecule has 0 aliphatic carbocycles. The third-order valence-corrected chi connectivity index (χ3v) is 2.82. The van der Waals surface area contributed by atoms with Gasteiger partial charge in [0.05, 0.1) is 0 Å². The van der Waals surface area contributed by atoms with Gasteiger partial charge in [0.15, 0.2) is 0 Å². The van der Waals surface area contributed by atoms with Gasteiger partial charge in [-0.2, -0.15) is 0 Å². The molecule has 0 fully saturated rings. The van der Waals surface area contributed by atoms with Crippen molar-refractivity contribution in [1.29, 1.82) is 0 Å². The molecule has 0 unspecified atom stereocenters. The number of nitrogens with one attached hydrogen (secondary N) is 1. The van der Waals surface area contributed by atoms with Crippen LogP contribution in [0.1, 0.15) is 26.7 Å². The van der Waals surface area contributed by atoms with Gasteiger partial charge in [-0.05, 0) is 36.4 Å². The SMILES string of the molecule is CCCC(=O)Nc1ccc(SCC)cc1. The number of carbonyl (C=O) groups is 1. The van der Waals surface area contributed by atoms with Crippen molar-refractivity contribution in [2.75, 3.05) is 11.1 Å². The Kier molecular flexibility index (Phi) is 5.26. The van der Waals surface area contributed by atoms with E-state index in [2.05, 4.69) is 12.2 Å². The van der Waals surface area contributed by atoms with Gasteiger partial charge in [0, 0.05) is 17.0 Å². The zero-order valence-electron chi connectivity index (χ0n) is 9.25. The molecule has 0 radical (unpaired) electrons. The maximum atomic E-state index is 11.3. The van der Waals surface area contributed by atoms with Crippen LogP contribution in [-0.4, -0.2) is 11.7 Å². The number of amides is 1. The fraction of sp³-hybridized carbons (Fsp3) is 0.417. The standard InChI is InChI=1S/C12H17NOS/c1-3-5-12(14)13-10-6-8-11(9-7-10)15-4-2/h6-9H,3-5H2,1-2H3,(H,13,14). The Morgan fingerprint density at radius 3 is 2.47 bits per heavy atom. The van der Waals surface area contributed by atoms with Crippen molar-refractivity contribution < 1.29 is 4.79 Å². The number of carbonyl (C=O) groups excluding carboxylic acids is 1. The molecule has 0 saturated heterocycles. The molecule has 0 bridgehead atoms. The first-order valence-corrected chi connectivity index (χ1v) is 6.27. The van der Waals surface area contributed by atoms with E-state index >= 15 is 0 Å². The van der Waals surface area contributed by atoms with Gasteiger partial charge in [0.2, 0.25) is 5.91 Å². The quantitative estimate of drug-likeness (QED) is 0.774. The third kappa shape index (κ3) is 4.38. The summed E-state index contributed by atoms with van der Waals surface area (Å²) >= 11 is 1.80. The van der Waals surface area contributed by atoms with Crippen LogP contribution in [0.15, 0.2) is 29.2 Å². The fourth-order valence-corrected chi connectivity index (χ4v) is 1.91. The molecule has 15 heavy (non-hydrogen) atoms. The lowest BCUT2D eigenvalue weighted by Gasteiger charge is -2.05. The van der Waals surface area contributed by atoms with Crippen LogP contribution in [0.25, 0.3) is 0 Å².